The van der Waals surface area contributed by atoms with Crippen LogP contribution in [0, 0.1) is 5.92 Å². The fourth-order valence-corrected chi connectivity index (χ4v) is 3.61. The second kappa shape index (κ2) is 12.0. The van der Waals surface area contributed by atoms with Crippen molar-refractivity contribution in [1.82, 2.24) is 15.1 Å². The quantitative estimate of drug-likeness (QED) is 0.293. The van der Waals surface area contributed by atoms with Gasteiger partial charge in [0.25, 0.3) is 0 Å². The van der Waals surface area contributed by atoms with Gasteiger partial charge in [-0.25, -0.2) is 0 Å². The van der Waals surface area contributed by atoms with Gasteiger partial charge in [0.2, 0.25) is 0 Å². The molecule has 1 aliphatic heterocycles. The van der Waals surface area contributed by atoms with E-state index in [1.807, 2.05) is 7.05 Å². The van der Waals surface area contributed by atoms with Crippen molar-refractivity contribution in [3.05, 3.63) is 29.8 Å². The maximum atomic E-state index is 4.43. The van der Waals surface area contributed by atoms with Crippen molar-refractivity contribution in [3.63, 3.8) is 0 Å². The monoisotopic (exact) mass is 476 g/mol. The Morgan fingerprint density at radius 3 is 2.48 bits per heavy atom. The lowest BCUT2D eigenvalue weighted by atomic mass is 9.94. The molecule has 1 aromatic rings. The second-order valence-electron chi connectivity index (χ2n) is 6.71. The second-order valence-corrected chi connectivity index (χ2v) is 7.59. The number of rotatable bonds is 6. The molecule has 0 saturated carbocycles. The Morgan fingerprint density at radius 2 is 1.92 bits per heavy atom. The number of guanidine groups is 1. The summed E-state index contributed by atoms with van der Waals surface area (Å²) in [5.74, 6) is 1.84. The van der Waals surface area contributed by atoms with Crippen LogP contribution >= 0.6 is 35.7 Å². The molecule has 1 fully saturated rings. The number of likely N-dealkylation sites (tertiary alicyclic amines) is 1. The highest BCUT2D eigenvalue weighted by Crippen LogP contribution is 2.19. The minimum atomic E-state index is 0. The van der Waals surface area contributed by atoms with Crippen LogP contribution < -0.4 is 5.32 Å². The number of nitrogens with zero attached hydrogens (tertiary/aromatic N) is 3. The molecule has 1 saturated heterocycles. The summed E-state index contributed by atoms with van der Waals surface area (Å²) in [7, 11) is 6.19. The molecule has 1 N–H and O–H groups in total. The largest absolute Gasteiger partial charge is 0.356 e. The van der Waals surface area contributed by atoms with Gasteiger partial charge in [0.05, 0.1) is 0 Å². The predicted molar refractivity (Wildman–Crippen MR) is 121 cm³/mol. The summed E-state index contributed by atoms with van der Waals surface area (Å²) >= 11 is 1.78. The summed E-state index contributed by atoms with van der Waals surface area (Å²) < 4.78 is 0. The number of benzene rings is 1. The molecule has 0 aromatic heterocycles. The molecule has 4 nitrogen and oxygen atoms in total. The Morgan fingerprint density at radius 1 is 1.28 bits per heavy atom. The average Bonchev–Trinajstić information content (AvgIpc) is 2.61. The van der Waals surface area contributed by atoms with Crippen LogP contribution in [0.5, 0.6) is 0 Å². The van der Waals surface area contributed by atoms with Crippen LogP contribution in [0.1, 0.15) is 24.8 Å². The van der Waals surface area contributed by atoms with Crippen molar-refractivity contribution in [1.29, 1.82) is 0 Å². The summed E-state index contributed by atoms with van der Waals surface area (Å²) in [5.41, 5.74) is 1.31. The summed E-state index contributed by atoms with van der Waals surface area (Å²) in [5, 5.41) is 3.53. The number of nitrogens with one attached hydrogen (secondary N) is 1. The summed E-state index contributed by atoms with van der Waals surface area (Å²) in [6.07, 6.45) is 6.00. The van der Waals surface area contributed by atoms with Gasteiger partial charge in [-0.2, -0.15) is 0 Å². The minimum absolute atomic E-state index is 0. The molecule has 0 bridgehead atoms. The van der Waals surface area contributed by atoms with E-state index in [-0.39, 0.29) is 24.0 Å². The van der Waals surface area contributed by atoms with Gasteiger partial charge in [0.15, 0.2) is 5.96 Å². The van der Waals surface area contributed by atoms with Crippen molar-refractivity contribution in [2.45, 2.75) is 30.7 Å². The SMILES string of the molecule is CN=C(NCCC1CCN(C)CC1)N(C)Cc1ccc(SC)cc1.I. The van der Waals surface area contributed by atoms with E-state index in [4.69, 9.17) is 0 Å². The van der Waals surface area contributed by atoms with E-state index in [2.05, 4.69) is 64.7 Å². The van der Waals surface area contributed by atoms with Crippen LogP contribution in [0.25, 0.3) is 0 Å². The lowest BCUT2D eigenvalue weighted by Crippen LogP contribution is -2.40. The Bertz CT molecular complexity index is 513. The maximum absolute atomic E-state index is 4.43. The first kappa shape index (κ1) is 22.6. The number of piperidine rings is 1. The Balaban J connectivity index is 0.00000312. The molecule has 0 radical (unpaired) electrons. The zero-order valence-corrected chi connectivity index (χ0v) is 19.1. The molecule has 0 amide bonds. The highest BCUT2D eigenvalue weighted by molar-refractivity contribution is 14.0. The fourth-order valence-electron chi connectivity index (χ4n) is 3.20. The van der Waals surface area contributed by atoms with Crippen molar-refractivity contribution in [2.75, 3.05) is 47.0 Å². The highest BCUT2D eigenvalue weighted by Gasteiger charge is 2.16. The standard InChI is InChI=1S/C19H32N4S.HI/c1-20-19(21-12-9-16-10-13-22(2)14-11-16)23(3)15-17-5-7-18(24-4)8-6-17;/h5-8,16H,9-15H2,1-4H3,(H,20,21);1H. The molecule has 1 heterocycles. The third-order valence-corrected chi connectivity index (χ3v) is 5.57. The molecule has 6 heteroatoms. The lowest BCUT2D eigenvalue weighted by molar-refractivity contribution is 0.212. The van der Waals surface area contributed by atoms with E-state index in [9.17, 15) is 0 Å². The highest BCUT2D eigenvalue weighted by atomic mass is 127. The van der Waals surface area contributed by atoms with Gasteiger partial charge in [-0.05, 0) is 69.3 Å². The van der Waals surface area contributed by atoms with Gasteiger partial charge < -0.3 is 15.1 Å². The van der Waals surface area contributed by atoms with Crippen molar-refractivity contribution in [3.8, 4) is 0 Å². The average molecular weight is 476 g/mol. The first-order valence-corrected chi connectivity index (χ1v) is 10.1. The number of halogens is 1. The van der Waals surface area contributed by atoms with Gasteiger partial charge in [-0.3, -0.25) is 4.99 Å². The minimum Gasteiger partial charge on any atom is -0.356 e. The first-order chi connectivity index (χ1) is 11.6. The van der Waals surface area contributed by atoms with E-state index >= 15 is 0 Å². The molecule has 0 unspecified atom stereocenters. The zero-order chi connectivity index (χ0) is 17.4. The van der Waals surface area contributed by atoms with Gasteiger partial charge in [-0.1, -0.05) is 12.1 Å². The van der Waals surface area contributed by atoms with Crippen LogP contribution in [-0.2, 0) is 6.54 Å². The topological polar surface area (TPSA) is 30.9 Å². The molecule has 0 aliphatic carbocycles. The molecule has 1 aromatic carbocycles. The number of aliphatic imine (C=N–C) groups is 1. The summed E-state index contributed by atoms with van der Waals surface area (Å²) in [4.78, 5) is 10.4. The number of hydrogen-bond acceptors (Lipinski definition) is 3. The molecule has 0 spiro atoms. The number of hydrogen-bond donors (Lipinski definition) is 1. The van der Waals surface area contributed by atoms with E-state index in [1.54, 1.807) is 11.8 Å². The molecule has 25 heavy (non-hydrogen) atoms. The zero-order valence-electron chi connectivity index (χ0n) is 16.0. The van der Waals surface area contributed by atoms with E-state index < -0.39 is 0 Å². The van der Waals surface area contributed by atoms with E-state index in [1.165, 1.54) is 42.8 Å². The fraction of sp³-hybridized carbons (Fsp3) is 0.632. The van der Waals surface area contributed by atoms with Crippen LogP contribution in [0.3, 0.4) is 0 Å². The molecular formula is C19H33IN4S. The first-order valence-electron chi connectivity index (χ1n) is 8.85. The molecule has 1 aliphatic rings. The van der Waals surface area contributed by atoms with Crippen molar-refractivity contribution in [2.24, 2.45) is 10.9 Å². The van der Waals surface area contributed by atoms with Gasteiger partial charge in [0, 0.05) is 32.1 Å². The molecule has 142 valence electrons. The van der Waals surface area contributed by atoms with Crippen LogP contribution in [0.4, 0.5) is 0 Å². The predicted octanol–water partition coefficient (Wildman–Crippen LogP) is 3.77. The summed E-state index contributed by atoms with van der Waals surface area (Å²) in [6, 6.07) is 8.77. The van der Waals surface area contributed by atoms with Crippen molar-refractivity contribution >= 4 is 41.7 Å². The Hall–Kier alpha value is -0.470. The van der Waals surface area contributed by atoms with Gasteiger partial charge >= 0.3 is 0 Å². The molecular weight excluding hydrogens is 443 g/mol. The molecule has 2 rings (SSSR count). The van der Waals surface area contributed by atoms with E-state index in [0.29, 0.717) is 0 Å². The lowest BCUT2D eigenvalue weighted by Gasteiger charge is -2.29. The van der Waals surface area contributed by atoms with Crippen LogP contribution in [0.15, 0.2) is 34.2 Å². The van der Waals surface area contributed by atoms with Crippen LogP contribution in [0.2, 0.25) is 0 Å². The third kappa shape index (κ3) is 7.74. The van der Waals surface area contributed by atoms with Crippen molar-refractivity contribution < 1.29 is 0 Å². The Labute approximate surface area is 174 Å². The smallest absolute Gasteiger partial charge is 0.193 e. The van der Waals surface area contributed by atoms with Crippen LogP contribution in [-0.4, -0.2) is 62.8 Å². The number of thioether (sulfide) groups is 1. The summed E-state index contributed by atoms with van der Waals surface area (Å²) in [6.45, 7) is 4.37. The van der Waals surface area contributed by atoms with Gasteiger partial charge in [0.1, 0.15) is 0 Å². The third-order valence-electron chi connectivity index (χ3n) is 4.83. The Kier molecular flexibility index (Phi) is 10.8. The molecule has 0 atom stereocenters. The maximum Gasteiger partial charge on any atom is 0.193 e. The normalized spacial score (nSPS) is 16.4. The van der Waals surface area contributed by atoms with E-state index in [0.717, 1.165) is 25.0 Å². The van der Waals surface area contributed by atoms with Gasteiger partial charge in [-0.15, -0.1) is 35.7 Å².